The SMILES string of the molecule is Cc1cc(C=CC(=O)N(Cc2ccc(-c3ccncc3)cc2)[C@@H](Cc2ccccc2)C(=O)N2CCc3ccccc3C2)c(C)[nH]1. The van der Waals surface area contributed by atoms with Gasteiger partial charge in [0.15, 0.2) is 0 Å². The normalized spacial score (nSPS) is 13.4. The molecule has 1 atom stereocenters. The second kappa shape index (κ2) is 13.6. The molecule has 0 spiro atoms. The van der Waals surface area contributed by atoms with Crippen LogP contribution in [0, 0.1) is 13.8 Å². The van der Waals surface area contributed by atoms with E-state index in [4.69, 9.17) is 0 Å². The number of nitrogens with zero attached hydrogens (tertiary/aromatic N) is 3. The van der Waals surface area contributed by atoms with Gasteiger partial charge in [0.1, 0.15) is 6.04 Å². The van der Waals surface area contributed by atoms with Crippen LogP contribution in [0.15, 0.2) is 116 Å². The lowest BCUT2D eigenvalue weighted by molar-refractivity contribution is -0.144. The minimum Gasteiger partial charge on any atom is -0.362 e. The molecule has 3 heterocycles. The molecule has 6 nitrogen and oxygen atoms in total. The number of carbonyl (C=O) groups excluding carboxylic acids is 2. The topological polar surface area (TPSA) is 69.3 Å². The maximum Gasteiger partial charge on any atom is 0.247 e. The molecule has 3 aromatic carbocycles. The molecule has 1 aliphatic rings. The number of benzene rings is 3. The first-order valence-corrected chi connectivity index (χ1v) is 15.5. The molecule has 0 unspecified atom stereocenters. The molecular formula is C39H38N4O2. The van der Waals surface area contributed by atoms with Crippen molar-refractivity contribution in [1.82, 2.24) is 19.8 Å². The van der Waals surface area contributed by atoms with Gasteiger partial charge < -0.3 is 14.8 Å². The maximum absolute atomic E-state index is 14.5. The number of H-pyrrole nitrogens is 1. The van der Waals surface area contributed by atoms with Gasteiger partial charge in [-0.3, -0.25) is 14.6 Å². The lowest BCUT2D eigenvalue weighted by Gasteiger charge is -2.37. The van der Waals surface area contributed by atoms with Gasteiger partial charge in [0, 0.05) is 55.9 Å². The Morgan fingerprint density at radius 2 is 1.56 bits per heavy atom. The molecule has 0 bridgehead atoms. The maximum atomic E-state index is 14.5. The Balaban J connectivity index is 1.35. The second-order valence-electron chi connectivity index (χ2n) is 11.7. The van der Waals surface area contributed by atoms with Crippen LogP contribution >= 0.6 is 0 Å². The highest BCUT2D eigenvalue weighted by Crippen LogP contribution is 2.25. The molecule has 6 heteroatoms. The highest BCUT2D eigenvalue weighted by molar-refractivity contribution is 5.96. The van der Waals surface area contributed by atoms with Gasteiger partial charge in [-0.2, -0.15) is 0 Å². The van der Waals surface area contributed by atoms with Crippen molar-refractivity contribution in [3.63, 3.8) is 0 Å². The molecular weight excluding hydrogens is 556 g/mol. The van der Waals surface area contributed by atoms with Crippen LogP contribution in [0.4, 0.5) is 0 Å². The highest BCUT2D eigenvalue weighted by atomic mass is 16.2. The Morgan fingerprint density at radius 1 is 0.867 bits per heavy atom. The summed E-state index contributed by atoms with van der Waals surface area (Å²) in [4.78, 5) is 39.8. The van der Waals surface area contributed by atoms with Crippen molar-refractivity contribution in [2.75, 3.05) is 6.54 Å². The van der Waals surface area contributed by atoms with Crippen molar-refractivity contribution >= 4 is 17.9 Å². The van der Waals surface area contributed by atoms with E-state index in [0.717, 1.165) is 45.6 Å². The zero-order valence-electron chi connectivity index (χ0n) is 25.8. The molecule has 0 aliphatic carbocycles. The monoisotopic (exact) mass is 594 g/mol. The van der Waals surface area contributed by atoms with Gasteiger partial charge in [-0.05, 0) is 83.5 Å². The van der Waals surface area contributed by atoms with Crippen molar-refractivity contribution in [2.24, 2.45) is 0 Å². The summed E-state index contributed by atoms with van der Waals surface area (Å²) in [6.45, 7) is 5.47. The van der Waals surface area contributed by atoms with Crippen LogP contribution in [-0.2, 0) is 35.5 Å². The molecule has 226 valence electrons. The van der Waals surface area contributed by atoms with Crippen molar-refractivity contribution in [1.29, 1.82) is 0 Å². The molecule has 2 amide bonds. The van der Waals surface area contributed by atoms with Crippen LogP contribution in [-0.4, -0.2) is 44.2 Å². The minimum absolute atomic E-state index is 0.0304. The molecule has 6 rings (SSSR count). The number of hydrogen-bond donors (Lipinski definition) is 1. The number of aryl methyl sites for hydroxylation is 2. The lowest BCUT2D eigenvalue weighted by Crippen LogP contribution is -2.52. The van der Waals surface area contributed by atoms with Crippen LogP contribution in [0.5, 0.6) is 0 Å². The summed E-state index contributed by atoms with van der Waals surface area (Å²) in [5.74, 6) is -0.227. The first-order valence-electron chi connectivity index (χ1n) is 15.5. The molecule has 2 aromatic heterocycles. The number of pyridine rings is 1. The summed E-state index contributed by atoms with van der Waals surface area (Å²) >= 11 is 0. The molecule has 1 aliphatic heterocycles. The highest BCUT2D eigenvalue weighted by Gasteiger charge is 2.34. The van der Waals surface area contributed by atoms with E-state index >= 15 is 0 Å². The third-order valence-electron chi connectivity index (χ3n) is 8.57. The zero-order chi connectivity index (χ0) is 31.2. The van der Waals surface area contributed by atoms with Crippen LogP contribution < -0.4 is 0 Å². The van der Waals surface area contributed by atoms with E-state index in [2.05, 4.69) is 40.3 Å². The molecule has 0 saturated heterocycles. The number of amides is 2. The minimum atomic E-state index is -0.677. The number of aromatic nitrogens is 2. The molecule has 1 N–H and O–H groups in total. The van der Waals surface area contributed by atoms with Gasteiger partial charge in [-0.15, -0.1) is 0 Å². The van der Waals surface area contributed by atoms with E-state index in [1.807, 2.05) is 91.6 Å². The third kappa shape index (κ3) is 7.13. The summed E-state index contributed by atoms with van der Waals surface area (Å²) in [6, 6.07) is 31.8. The standard InChI is InChI=1S/C39H38N4O2/c1-28-24-35(29(2)41-28)16-17-38(44)43(26-31-12-14-33(15-13-31)34-18-21-40-22-19-34)37(25-30-8-4-3-5-9-30)39(45)42-23-20-32-10-6-7-11-36(32)27-42/h3-19,21-22,24,37,41H,20,23,25-27H2,1-2H3/t37-/m0/s1. The van der Waals surface area contributed by atoms with E-state index in [0.29, 0.717) is 26.1 Å². The fourth-order valence-corrected chi connectivity index (χ4v) is 6.12. The van der Waals surface area contributed by atoms with E-state index in [-0.39, 0.29) is 11.8 Å². The molecule has 0 radical (unpaired) electrons. The predicted molar refractivity (Wildman–Crippen MR) is 179 cm³/mol. The molecule has 5 aromatic rings. The Bertz CT molecular complexity index is 1790. The van der Waals surface area contributed by atoms with Crippen molar-refractivity contribution in [3.8, 4) is 11.1 Å². The summed E-state index contributed by atoms with van der Waals surface area (Å²) in [5.41, 5.74) is 9.56. The van der Waals surface area contributed by atoms with Crippen LogP contribution in [0.2, 0.25) is 0 Å². The second-order valence-corrected chi connectivity index (χ2v) is 11.7. The summed E-state index contributed by atoms with van der Waals surface area (Å²) in [6.07, 6.45) is 8.25. The Kier molecular flexibility index (Phi) is 9.01. The van der Waals surface area contributed by atoms with Crippen LogP contribution in [0.1, 0.15) is 39.2 Å². The first-order chi connectivity index (χ1) is 21.9. The van der Waals surface area contributed by atoms with Gasteiger partial charge in [0.05, 0.1) is 0 Å². The summed E-state index contributed by atoms with van der Waals surface area (Å²) < 4.78 is 0. The first kappa shape index (κ1) is 29.8. The Labute approximate surface area is 265 Å². The number of hydrogen-bond acceptors (Lipinski definition) is 3. The lowest BCUT2D eigenvalue weighted by atomic mass is 9.97. The van der Waals surface area contributed by atoms with Crippen molar-refractivity contribution in [3.05, 3.63) is 155 Å². The van der Waals surface area contributed by atoms with E-state index in [1.165, 1.54) is 11.1 Å². The number of rotatable bonds is 9. The quantitative estimate of drug-likeness (QED) is 0.188. The zero-order valence-corrected chi connectivity index (χ0v) is 25.8. The van der Waals surface area contributed by atoms with Gasteiger partial charge in [0.25, 0.3) is 0 Å². The molecule has 45 heavy (non-hydrogen) atoms. The van der Waals surface area contributed by atoms with Crippen molar-refractivity contribution in [2.45, 2.75) is 45.8 Å². The van der Waals surface area contributed by atoms with Crippen LogP contribution in [0.25, 0.3) is 17.2 Å². The Morgan fingerprint density at radius 3 is 2.27 bits per heavy atom. The predicted octanol–water partition coefficient (Wildman–Crippen LogP) is 6.93. The number of aromatic amines is 1. The van der Waals surface area contributed by atoms with Gasteiger partial charge in [0.2, 0.25) is 11.8 Å². The number of fused-ring (bicyclic) bond motifs is 1. The average molecular weight is 595 g/mol. The Hall–Kier alpha value is -5.23. The average Bonchev–Trinajstić information content (AvgIpc) is 3.41. The molecule has 0 saturated carbocycles. The summed E-state index contributed by atoms with van der Waals surface area (Å²) in [5, 5.41) is 0. The molecule has 0 fully saturated rings. The third-order valence-corrected chi connectivity index (χ3v) is 8.57. The van der Waals surface area contributed by atoms with E-state index < -0.39 is 6.04 Å². The van der Waals surface area contributed by atoms with Crippen LogP contribution in [0.3, 0.4) is 0 Å². The van der Waals surface area contributed by atoms with E-state index in [9.17, 15) is 9.59 Å². The largest absolute Gasteiger partial charge is 0.362 e. The number of carbonyl (C=O) groups is 2. The van der Waals surface area contributed by atoms with E-state index in [1.54, 1.807) is 23.4 Å². The number of nitrogens with one attached hydrogen (secondary N) is 1. The van der Waals surface area contributed by atoms with Gasteiger partial charge in [-0.25, -0.2) is 0 Å². The smallest absolute Gasteiger partial charge is 0.247 e. The van der Waals surface area contributed by atoms with Crippen molar-refractivity contribution < 1.29 is 9.59 Å². The van der Waals surface area contributed by atoms with Gasteiger partial charge in [-0.1, -0.05) is 78.9 Å². The summed E-state index contributed by atoms with van der Waals surface area (Å²) in [7, 11) is 0. The fourth-order valence-electron chi connectivity index (χ4n) is 6.12. The fraction of sp³-hybridized carbons (Fsp3) is 0.205. The van der Waals surface area contributed by atoms with Gasteiger partial charge >= 0.3 is 0 Å².